The second-order valence-corrected chi connectivity index (χ2v) is 7.61. The van der Waals surface area contributed by atoms with E-state index in [9.17, 15) is 4.79 Å². The Hall–Kier alpha value is -0.950. The zero-order valence-corrected chi connectivity index (χ0v) is 13.9. The lowest BCUT2D eigenvalue weighted by molar-refractivity contribution is 0.103. The third kappa shape index (κ3) is 4.03. The number of likely N-dealkylation sites (tertiary alicyclic amines) is 1. The van der Waals surface area contributed by atoms with Crippen LogP contribution in [-0.2, 0) is 6.54 Å². The zero-order chi connectivity index (χ0) is 14.7. The van der Waals surface area contributed by atoms with Crippen molar-refractivity contribution in [2.45, 2.75) is 25.8 Å². The quantitative estimate of drug-likeness (QED) is 0.910. The summed E-state index contributed by atoms with van der Waals surface area (Å²) in [6, 6.07) is 3.45. The Kier molecular flexibility index (Phi) is 4.90. The first-order valence-corrected chi connectivity index (χ1v) is 9.01. The molecule has 7 heteroatoms. The standard InChI is InChI=1S/C14H16ClN3OS2/c15-12-5-4-11(21-12)13(19)17-14-16-10(9-20-14)8-18-6-2-1-3-7-18/h4-5,9H,1-3,6-8H2,(H,16,17,19). The molecule has 2 aromatic rings. The van der Waals surface area contributed by atoms with Crippen LogP contribution in [-0.4, -0.2) is 28.9 Å². The first-order valence-electron chi connectivity index (χ1n) is 6.94. The van der Waals surface area contributed by atoms with E-state index < -0.39 is 0 Å². The van der Waals surface area contributed by atoms with E-state index in [1.807, 2.05) is 5.38 Å². The van der Waals surface area contributed by atoms with Crippen molar-refractivity contribution in [3.05, 3.63) is 32.4 Å². The van der Waals surface area contributed by atoms with E-state index in [1.54, 1.807) is 12.1 Å². The number of aromatic nitrogens is 1. The summed E-state index contributed by atoms with van der Waals surface area (Å²) in [7, 11) is 0. The summed E-state index contributed by atoms with van der Waals surface area (Å²) in [6.07, 6.45) is 3.87. The molecular formula is C14H16ClN3OS2. The number of amides is 1. The van der Waals surface area contributed by atoms with Gasteiger partial charge in [0.1, 0.15) is 0 Å². The summed E-state index contributed by atoms with van der Waals surface area (Å²) < 4.78 is 0.616. The van der Waals surface area contributed by atoms with Gasteiger partial charge in [-0.3, -0.25) is 15.0 Å². The molecule has 2 aromatic heterocycles. The van der Waals surface area contributed by atoms with Crippen LogP contribution in [0.4, 0.5) is 5.13 Å². The summed E-state index contributed by atoms with van der Waals surface area (Å²) in [4.78, 5) is 19.5. The highest BCUT2D eigenvalue weighted by molar-refractivity contribution is 7.18. The van der Waals surface area contributed by atoms with E-state index in [0.717, 1.165) is 25.3 Å². The molecule has 1 aliphatic rings. The third-order valence-electron chi connectivity index (χ3n) is 3.40. The lowest BCUT2D eigenvalue weighted by Gasteiger charge is -2.25. The fourth-order valence-electron chi connectivity index (χ4n) is 2.38. The molecule has 1 aliphatic heterocycles. The number of piperidine rings is 1. The van der Waals surface area contributed by atoms with Crippen LogP contribution < -0.4 is 5.32 Å². The average Bonchev–Trinajstić information content (AvgIpc) is 3.09. The SMILES string of the molecule is O=C(Nc1nc(CN2CCCCC2)cs1)c1ccc(Cl)s1. The molecule has 0 bridgehead atoms. The van der Waals surface area contributed by atoms with Gasteiger partial charge in [0.25, 0.3) is 5.91 Å². The van der Waals surface area contributed by atoms with Gasteiger partial charge in [-0.2, -0.15) is 0 Å². The smallest absolute Gasteiger partial charge is 0.267 e. The van der Waals surface area contributed by atoms with E-state index >= 15 is 0 Å². The van der Waals surface area contributed by atoms with Gasteiger partial charge in [-0.25, -0.2) is 4.98 Å². The van der Waals surface area contributed by atoms with Crippen molar-refractivity contribution < 1.29 is 4.79 Å². The van der Waals surface area contributed by atoms with Gasteiger partial charge >= 0.3 is 0 Å². The van der Waals surface area contributed by atoms with Crippen LogP contribution in [0, 0.1) is 0 Å². The molecule has 1 N–H and O–H groups in total. The number of thiophene rings is 1. The summed E-state index contributed by atoms with van der Waals surface area (Å²) in [5.41, 5.74) is 1.03. The van der Waals surface area contributed by atoms with Gasteiger partial charge in [-0.15, -0.1) is 22.7 Å². The Labute approximate surface area is 136 Å². The van der Waals surface area contributed by atoms with Crippen LogP contribution >= 0.6 is 34.3 Å². The van der Waals surface area contributed by atoms with Gasteiger partial charge in [0.15, 0.2) is 5.13 Å². The molecule has 0 atom stereocenters. The zero-order valence-electron chi connectivity index (χ0n) is 11.5. The van der Waals surface area contributed by atoms with Crippen molar-refractivity contribution in [3.63, 3.8) is 0 Å². The van der Waals surface area contributed by atoms with Crippen molar-refractivity contribution >= 4 is 45.3 Å². The predicted molar refractivity (Wildman–Crippen MR) is 88.5 cm³/mol. The van der Waals surface area contributed by atoms with Gasteiger partial charge in [0, 0.05) is 11.9 Å². The minimum atomic E-state index is -0.147. The molecule has 112 valence electrons. The molecule has 0 spiro atoms. The molecule has 0 aromatic carbocycles. The maximum absolute atomic E-state index is 12.0. The van der Waals surface area contributed by atoms with Crippen LogP contribution in [0.2, 0.25) is 4.34 Å². The first-order chi connectivity index (χ1) is 10.2. The van der Waals surface area contributed by atoms with E-state index in [1.165, 1.54) is 41.9 Å². The molecule has 21 heavy (non-hydrogen) atoms. The van der Waals surface area contributed by atoms with Crippen molar-refractivity contribution in [2.75, 3.05) is 18.4 Å². The Morgan fingerprint density at radius 2 is 2.14 bits per heavy atom. The average molecular weight is 342 g/mol. The Balaban J connectivity index is 1.58. The molecule has 4 nitrogen and oxygen atoms in total. The number of thiazole rings is 1. The van der Waals surface area contributed by atoms with E-state index in [-0.39, 0.29) is 5.91 Å². The van der Waals surface area contributed by atoms with Crippen LogP contribution in [0.3, 0.4) is 0 Å². The summed E-state index contributed by atoms with van der Waals surface area (Å²) in [5.74, 6) is -0.147. The number of hydrogen-bond donors (Lipinski definition) is 1. The summed E-state index contributed by atoms with van der Waals surface area (Å²) >= 11 is 8.58. The molecule has 0 unspecified atom stereocenters. The van der Waals surface area contributed by atoms with Gasteiger partial charge in [-0.1, -0.05) is 18.0 Å². The van der Waals surface area contributed by atoms with Crippen LogP contribution in [0.15, 0.2) is 17.5 Å². The summed E-state index contributed by atoms with van der Waals surface area (Å²) in [6.45, 7) is 3.16. The molecule has 3 rings (SSSR count). The summed E-state index contributed by atoms with van der Waals surface area (Å²) in [5, 5.41) is 5.50. The van der Waals surface area contributed by atoms with Crippen molar-refractivity contribution in [2.24, 2.45) is 0 Å². The van der Waals surface area contributed by atoms with Crippen LogP contribution in [0.5, 0.6) is 0 Å². The lowest BCUT2D eigenvalue weighted by atomic mass is 10.1. The molecule has 0 aliphatic carbocycles. The van der Waals surface area contributed by atoms with Crippen molar-refractivity contribution in [1.82, 2.24) is 9.88 Å². The Bertz CT molecular complexity index is 619. The fraction of sp³-hybridized carbons (Fsp3) is 0.429. The van der Waals surface area contributed by atoms with Crippen LogP contribution in [0.1, 0.15) is 34.6 Å². The number of nitrogens with zero attached hydrogens (tertiary/aromatic N) is 2. The first kappa shape index (κ1) is 15.0. The van der Waals surface area contributed by atoms with E-state index in [0.29, 0.717) is 14.3 Å². The van der Waals surface area contributed by atoms with Crippen LogP contribution in [0.25, 0.3) is 0 Å². The highest BCUT2D eigenvalue weighted by Gasteiger charge is 2.14. The Morgan fingerprint density at radius 1 is 1.33 bits per heavy atom. The maximum Gasteiger partial charge on any atom is 0.267 e. The highest BCUT2D eigenvalue weighted by Crippen LogP contribution is 2.24. The molecule has 1 amide bonds. The molecule has 3 heterocycles. The molecule has 0 saturated carbocycles. The monoisotopic (exact) mass is 341 g/mol. The van der Waals surface area contributed by atoms with Gasteiger partial charge in [0.2, 0.25) is 0 Å². The highest BCUT2D eigenvalue weighted by atomic mass is 35.5. The van der Waals surface area contributed by atoms with Crippen molar-refractivity contribution in [1.29, 1.82) is 0 Å². The minimum Gasteiger partial charge on any atom is -0.297 e. The maximum atomic E-state index is 12.0. The number of halogens is 1. The molecule has 1 saturated heterocycles. The number of anilines is 1. The number of carbonyl (C=O) groups excluding carboxylic acids is 1. The Morgan fingerprint density at radius 3 is 2.86 bits per heavy atom. The van der Waals surface area contributed by atoms with E-state index in [2.05, 4.69) is 15.2 Å². The normalized spacial score (nSPS) is 16.0. The van der Waals surface area contributed by atoms with Gasteiger partial charge < -0.3 is 0 Å². The fourth-order valence-corrected chi connectivity index (χ4v) is 4.01. The lowest BCUT2D eigenvalue weighted by Crippen LogP contribution is -2.29. The predicted octanol–water partition coefficient (Wildman–Crippen LogP) is 4.10. The molecule has 0 radical (unpaired) electrons. The van der Waals surface area contributed by atoms with Crippen molar-refractivity contribution in [3.8, 4) is 0 Å². The third-order valence-corrected chi connectivity index (χ3v) is 5.44. The topological polar surface area (TPSA) is 45.2 Å². The number of nitrogens with one attached hydrogen (secondary N) is 1. The van der Waals surface area contributed by atoms with Gasteiger partial charge in [0.05, 0.1) is 14.9 Å². The van der Waals surface area contributed by atoms with E-state index in [4.69, 9.17) is 11.6 Å². The number of rotatable bonds is 4. The van der Waals surface area contributed by atoms with Gasteiger partial charge in [-0.05, 0) is 38.1 Å². The second-order valence-electron chi connectivity index (χ2n) is 5.04. The minimum absolute atomic E-state index is 0.147. The number of carbonyl (C=O) groups is 1. The largest absolute Gasteiger partial charge is 0.297 e. The molecule has 1 fully saturated rings. The number of hydrogen-bond acceptors (Lipinski definition) is 5. The second kappa shape index (κ2) is 6.87. The molecular weight excluding hydrogens is 326 g/mol.